The van der Waals surface area contributed by atoms with Gasteiger partial charge in [-0.05, 0) is 12.5 Å². The highest BCUT2D eigenvalue weighted by molar-refractivity contribution is 5.75. The molecule has 0 heterocycles. The maximum absolute atomic E-state index is 10.7. The van der Waals surface area contributed by atoms with Crippen LogP contribution in [0.4, 0.5) is 0 Å². The summed E-state index contributed by atoms with van der Waals surface area (Å²) in [5, 5.41) is 2.69. The molecular formula is C8H13NO. The van der Waals surface area contributed by atoms with Crippen LogP contribution in [-0.4, -0.2) is 12.5 Å². The van der Waals surface area contributed by atoms with E-state index in [1.165, 1.54) is 0 Å². The van der Waals surface area contributed by atoms with Crippen molar-refractivity contribution in [3.05, 3.63) is 18.4 Å². The SMILES string of the molecule is C=C=CCNC(=O)CCC. The predicted molar refractivity (Wildman–Crippen MR) is 41.6 cm³/mol. The first-order valence-corrected chi connectivity index (χ1v) is 3.42. The van der Waals surface area contributed by atoms with E-state index in [4.69, 9.17) is 0 Å². The minimum Gasteiger partial charge on any atom is -0.352 e. The van der Waals surface area contributed by atoms with Gasteiger partial charge in [0.25, 0.3) is 0 Å². The molecule has 0 fully saturated rings. The third-order valence-electron chi connectivity index (χ3n) is 1.02. The molecule has 0 aromatic carbocycles. The monoisotopic (exact) mass is 139 g/mol. The Hall–Kier alpha value is -1.01. The molecule has 0 aliphatic rings. The molecule has 2 nitrogen and oxygen atoms in total. The molecule has 1 N–H and O–H groups in total. The van der Waals surface area contributed by atoms with E-state index in [2.05, 4.69) is 17.6 Å². The number of rotatable bonds is 4. The number of carbonyl (C=O) groups excluding carboxylic acids is 1. The normalized spacial score (nSPS) is 8.10. The molecule has 0 aliphatic carbocycles. The Balaban J connectivity index is 3.30. The Morgan fingerprint density at radius 1 is 1.80 bits per heavy atom. The van der Waals surface area contributed by atoms with Gasteiger partial charge in [0.1, 0.15) is 0 Å². The van der Waals surface area contributed by atoms with Crippen LogP contribution in [0, 0.1) is 0 Å². The number of hydrogen-bond acceptors (Lipinski definition) is 1. The van der Waals surface area contributed by atoms with Crippen LogP contribution in [-0.2, 0) is 4.79 Å². The van der Waals surface area contributed by atoms with Crippen LogP contribution in [0.15, 0.2) is 18.4 Å². The van der Waals surface area contributed by atoms with Gasteiger partial charge in [-0.25, -0.2) is 0 Å². The van der Waals surface area contributed by atoms with Crippen LogP contribution in [0.1, 0.15) is 19.8 Å². The van der Waals surface area contributed by atoms with Gasteiger partial charge >= 0.3 is 0 Å². The Morgan fingerprint density at radius 3 is 3.00 bits per heavy atom. The van der Waals surface area contributed by atoms with Gasteiger partial charge in [0.15, 0.2) is 0 Å². The standard InChI is InChI=1S/C8H13NO/c1-3-5-7-9-8(10)6-4-2/h5H,1,4,6-7H2,2H3,(H,9,10). The van der Waals surface area contributed by atoms with Crippen LogP contribution in [0.5, 0.6) is 0 Å². The van der Waals surface area contributed by atoms with Gasteiger partial charge in [0.05, 0.1) is 0 Å². The van der Waals surface area contributed by atoms with E-state index in [0.29, 0.717) is 13.0 Å². The van der Waals surface area contributed by atoms with Gasteiger partial charge < -0.3 is 5.32 Å². The van der Waals surface area contributed by atoms with Gasteiger partial charge in [-0.1, -0.05) is 13.5 Å². The fourth-order valence-corrected chi connectivity index (χ4v) is 0.552. The van der Waals surface area contributed by atoms with E-state index in [1.54, 1.807) is 6.08 Å². The quantitative estimate of drug-likeness (QED) is 0.583. The van der Waals surface area contributed by atoms with Crippen molar-refractivity contribution in [1.82, 2.24) is 5.32 Å². The van der Waals surface area contributed by atoms with Crippen molar-refractivity contribution in [3.63, 3.8) is 0 Å². The molecule has 0 saturated carbocycles. The molecule has 0 rings (SSSR count). The average molecular weight is 139 g/mol. The molecule has 0 bridgehead atoms. The molecule has 0 saturated heterocycles. The summed E-state index contributed by atoms with van der Waals surface area (Å²) in [5.74, 6) is 0.0917. The summed E-state index contributed by atoms with van der Waals surface area (Å²) < 4.78 is 0. The molecule has 2 heteroatoms. The topological polar surface area (TPSA) is 29.1 Å². The van der Waals surface area contributed by atoms with Crippen molar-refractivity contribution in [3.8, 4) is 0 Å². The number of nitrogens with one attached hydrogen (secondary N) is 1. The van der Waals surface area contributed by atoms with E-state index in [9.17, 15) is 4.79 Å². The molecular weight excluding hydrogens is 126 g/mol. The van der Waals surface area contributed by atoms with Crippen LogP contribution in [0.25, 0.3) is 0 Å². The fraction of sp³-hybridized carbons (Fsp3) is 0.500. The molecule has 0 unspecified atom stereocenters. The van der Waals surface area contributed by atoms with Crippen LogP contribution in [0.2, 0.25) is 0 Å². The second-order valence-corrected chi connectivity index (χ2v) is 1.96. The molecule has 56 valence electrons. The number of hydrogen-bond donors (Lipinski definition) is 1. The van der Waals surface area contributed by atoms with Crippen LogP contribution < -0.4 is 5.32 Å². The van der Waals surface area contributed by atoms with E-state index >= 15 is 0 Å². The molecule has 10 heavy (non-hydrogen) atoms. The van der Waals surface area contributed by atoms with Crippen molar-refractivity contribution < 1.29 is 4.79 Å². The summed E-state index contributed by atoms with van der Waals surface area (Å²) >= 11 is 0. The highest BCUT2D eigenvalue weighted by atomic mass is 16.1. The maximum atomic E-state index is 10.7. The van der Waals surface area contributed by atoms with Crippen molar-refractivity contribution in [1.29, 1.82) is 0 Å². The second kappa shape index (κ2) is 6.12. The lowest BCUT2D eigenvalue weighted by Gasteiger charge is -1.97. The molecule has 0 aromatic heterocycles. The van der Waals surface area contributed by atoms with Gasteiger partial charge in [-0.3, -0.25) is 4.79 Å². The van der Waals surface area contributed by atoms with Crippen LogP contribution in [0.3, 0.4) is 0 Å². The van der Waals surface area contributed by atoms with Crippen molar-refractivity contribution >= 4 is 5.91 Å². The molecule has 0 aliphatic heterocycles. The Kier molecular flexibility index (Phi) is 5.50. The fourth-order valence-electron chi connectivity index (χ4n) is 0.552. The summed E-state index contributed by atoms with van der Waals surface area (Å²) in [4.78, 5) is 10.7. The zero-order valence-corrected chi connectivity index (χ0v) is 6.31. The zero-order valence-electron chi connectivity index (χ0n) is 6.31. The van der Waals surface area contributed by atoms with Gasteiger partial charge in [-0.2, -0.15) is 0 Å². The summed E-state index contributed by atoms with van der Waals surface area (Å²) in [6, 6.07) is 0. The largest absolute Gasteiger partial charge is 0.352 e. The van der Waals surface area contributed by atoms with Crippen molar-refractivity contribution in [2.75, 3.05) is 6.54 Å². The van der Waals surface area contributed by atoms with Gasteiger partial charge in [0.2, 0.25) is 5.91 Å². The Bertz CT molecular complexity index is 145. The van der Waals surface area contributed by atoms with E-state index in [0.717, 1.165) is 6.42 Å². The van der Waals surface area contributed by atoms with E-state index < -0.39 is 0 Å². The Morgan fingerprint density at radius 2 is 2.50 bits per heavy atom. The van der Waals surface area contributed by atoms with Gasteiger partial charge in [0, 0.05) is 13.0 Å². The Labute approximate surface area is 61.6 Å². The summed E-state index contributed by atoms with van der Waals surface area (Å²) in [5.41, 5.74) is 2.58. The first-order valence-electron chi connectivity index (χ1n) is 3.42. The molecule has 0 spiro atoms. The summed E-state index contributed by atoms with van der Waals surface area (Å²) in [6.07, 6.45) is 3.18. The zero-order chi connectivity index (χ0) is 7.82. The van der Waals surface area contributed by atoms with Crippen molar-refractivity contribution in [2.45, 2.75) is 19.8 Å². The number of carbonyl (C=O) groups is 1. The maximum Gasteiger partial charge on any atom is 0.220 e. The lowest BCUT2D eigenvalue weighted by atomic mass is 10.3. The average Bonchev–Trinajstić information content (AvgIpc) is 1.89. The van der Waals surface area contributed by atoms with E-state index in [1.807, 2.05) is 6.92 Å². The minimum absolute atomic E-state index is 0.0917. The lowest BCUT2D eigenvalue weighted by molar-refractivity contribution is -0.120. The van der Waals surface area contributed by atoms with Gasteiger partial charge in [-0.15, -0.1) is 5.73 Å². The second-order valence-electron chi connectivity index (χ2n) is 1.96. The molecule has 0 radical (unpaired) electrons. The third kappa shape index (κ3) is 5.13. The highest BCUT2D eigenvalue weighted by Gasteiger charge is 1.93. The van der Waals surface area contributed by atoms with E-state index in [-0.39, 0.29) is 5.91 Å². The molecule has 1 amide bonds. The summed E-state index contributed by atoms with van der Waals surface area (Å²) in [7, 11) is 0. The third-order valence-corrected chi connectivity index (χ3v) is 1.02. The minimum atomic E-state index is 0.0917. The molecule has 0 atom stereocenters. The smallest absolute Gasteiger partial charge is 0.220 e. The molecule has 0 aromatic rings. The first-order chi connectivity index (χ1) is 4.81. The first kappa shape index (κ1) is 8.99. The highest BCUT2D eigenvalue weighted by Crippen LogP contribution is 1.84. The van der Waals surface area contributed by atoms with Crippen molar-refractivity contribution in [2.24, 2.45) is 0 Å². The predicted octanol–water partition coefficient (Wildman–Crippen LogP) is 1.24. The van der Waals surface area contributed by atoms with Crippen LogP contribution >= 0.6 is 0 Å². The lowest BCUT2D eigenvalue weighted by Crippen LogP contribution is -2.22. The summed E-state index contributed by atoms with van der Waals surface area (Å²) in [6.45, 7) is 5.89. The number of amides is 1.